The number of aryl methyl sites for hydroxylation is 1. The normalized spacial score (nSPS) is 10.3. The van der Waals surface area contributed by atoms with Gasteiger partial charge in [-0.05, 0) is 30.7 Å². The van der Waals surface area contributed by atoms with Crippen molar-refractivity contribution >= 4 is 11.6 Å². The van der Waals surface area contributed by atoms with Crippen molar-refractivity contribution in [3.05, 3.63) is 65.0 Å². The number of anilines is 1. The van der Waals surface area contributed by atoms with Gasteiger partial charge in [-0.2, -0.15) is 0 Å². The van der Waals surface area contributed by atoms with E-state index in [0.29, 0.717) is 11.1 Å². The van der Waals surface area contributed by atoms with Crippen LogP contribution < -0.4 is 5.32 Å². The van der Waals surface area contributed by atoms with Crippen LogP contribution in [-0.2, 0) is 6.54 Å². The van der Waals surface area contributed by atoms with Gasteiger partial charge in [0.2, 0.25) is 0 Å². The van der Waals surface area contributed by atoms with E-state index in [9.17, 15) is 9.18 Å². The number of hydrogen-bond acceptors (Lipinski definition) is 2. The molecule has 3 nitrogen and oxygen atoms in total. The Balaban J connectivity index is 2.22. The summed E-state index contributed by atoms with van der Waals surface area (Å²) in [7, 11) is 3.45. The number of halogens is 1. The molecule has 0 aliphatic carbocycles. The second-order valence-corrected chi connectivity index (χ2v) is 5.05. The molecule has 2 aromatic rings. The number of nitrogens with zero attached hydrogens (tertiary/aromatic N) is 1. The Hall–Kier alpha value is -2.36. The van der Waals surface area contributed by atoms with E-state index in [1.807, 2.05) is 19.1 Å². The Morgan fingerprint density at radius 1 is 1.24 bits per heavy atom. The van der Waals surface area contributed by atoms with Crippen molar-refractivity contribution in [2.75, 3.05) is 19.4 Å². The molecule has 0 atom stereocenters. The zero-order valence-corrected chi connectivity index (χ0v) is 12.5. The quantitative estimate of drug-likeness (QED) is 0.933. The first-order valence-electron chi connectivity index (χ1n) is 6.80. The zero-order chi connectivity index (χ0) is 15.4. The first-order chi connectivity index (χ1) is 10.0. The molecule has 0 aliphatic rings. The van der Waals surface area contributed by atoms with Crippen LogP contribution in [0.1, 0.15) is 21.5 Å². The maximum absolute atomic E-state index is 13.7. The predicted octanol–water partition coefficient (Wildman–Crippen LogP) is 3.45. The molecule has 0 saturated carbocycles. The Bertz CT molecular complexity index is 655. The Morgan fingerprint density at radius 3 is 2.62 bits per heavy atom. The van der Waals surface area contributed by atoms with Gasteiger partial charge in [0.15, 0.2) is 0 Å². The van der Waals surface area contributed by atoms with Gasteiger partial charge in [-0.15, -0.1) is 0 Å². The molecule has 21 heavy (non-hydrogen) atoms. The lowest BCUT2D eigenvalue weighted by Crippen LogP contribution is -2.27. The highest BCUT2D eigenvalue weighted by atomic mass is 19.1. The second kappa shape index (κ2) is 6.39. The van der Waals surface area contributed by atoms with E-state index < -0.39 is 0 Å². The predicted molar refractivity (Wildman–Crippen MR) is 82.9 cm³/mol. The van der Waals surface area contributed by atoms with Crippen molar-refractivity contribution in [1.29, 1.82) is 0 Å². The van der Waals surface area contributed by atoms with Gasteiger partial charge in [0.05, 0.1) is 5.56 Å². The second-order valence-electron chi connectivity index (χ2n) is 5.05. The SMILES string of the molecule is CNc1cc(C)ccc1C(=O)N(C)Cc1ccccc1F. The highest BCUT2D eigenvalue weighted by Crippen LogP contribution is 2.20. The average Bonchev–Trinajstić information content (AvgIpc) is 2.48. The zero-order valence-electron chi connectivity index (χ0n) is 12.5. The number of rotatable bonds is 4. The molecule has 1 amide bonds. The van der Waals surface area contributed by atoms with E-state index in [-0.39, 0.29) is 18.3 Å². The minimum atomic E-state index is -0.296. The van der Waals surface area contributed by atoms with Crippen LogP contribution in [0.4, 0.5) is 10.1 Å². The molecule has 2 aromatic carbocycles. The summed E-state index contributed by atoms with van der Waals surface area (Å²) in [5.41, 5.74) is 2.95. The number of carbonyl (C=O) groups is 1. The van der Waals surface area contributed by atoms with Gasteiger partial charge in [0.1, 0.15) is 5.82 Å². The molecule has 2 rings (SSSR count). The highest BCUT2D eigenvalue weighted by molar-refractivity contribution is 5.99. The van der Waals surface area contributed by atoms with Crippen molar-refractivity contribution in [3.63, 3.8) is 0 Å². The first-order valence-corrected chi connectivity index (χ1v) is 6.80. The highest BCUT2D eigenvalue weighted by Gasteiger charge is 2.16. The van der Waals surface area contributed by atoms with Gasteiger partial charge in [0.25, 0.3) is 5.91 Å². The molecule has 1 N–H and O–H groups in total. The number of carbonyl (C=O) groups excluding carboxylic acids is 1. The molecular formula is C17H19FN2O. The van der Waals surface area contributed by atoms with Crippen LogP contribution in [0.25, 0.3) is 0 Å². The summed E-state index contributed by atoms with van der Waals surface area (Å²) >= 11 is 0. The molecule has 0 heterocycles. The van der Waals surface area contributed by atoms with Crippen molar-refractivity contribution in [3.8, 4) is 0 Å². The molecule has 0 saturated heterocycles. The smallest absolute Gasteiger partial charge is 0.255 e. The van der Waals surface area contributed by atoms with Crippen LogP contribution in [-0.4, -0.2) is 24.9 Å². The van der Waals surface area contributed by atoms with E-state index in [1.54, 1.807) is 38.4 Å². The molecule has 0 spiro atoms. The summed E-state index contributed by atoms with van der Waals surface area (Å²) in [5, 5.41) is 3.03. The van der Waals surface area contributed by atoms with Crippen LogP contribution in [0, 0.1) is 12.7 Å². The molecule has 4 heteroatoms. The molecule has 0 fully saturated rings. The van der Waals surface area contributed by atoms with Crippen molar-refractivity contribution in [2.45, 2.75) is 13.5 Å². The maximum Gasteiger partial charge on any atom is 0.255 e. The summed E-state index contributed by atoms with van der Waals surface area (Å²) in [6.45, 7) is 2.21. The van der Waals surface area contributed by atoms with Crippen LogP contribution in [0.5, 0.6) is 0 Å². The van der Waals surface area contributed by atoms with E-state index in [1.165, 1.54) is 11.0 Å². The molecule has 0 aliphatic heterocycles. The third-order valence-corrected chi connectivity index (χ3v) is 3.39. The van der Waals surface area contributed by atoms with E-state index >= 15 is 0 Å². The summed E-state index contributed by atoms with van der Waals surface area (Å²) < 4.78 is 13.7. The topological polar surface area (TPSA) is 32.3 Å². The maximum atomic E-state index is 13.7. The number of benzene rings is 2. The minimum absolute atomic E-state index is 0.136. The summed E-state index contributed by atoms with van der Waals surface area (Å²) in [6, 6.07) is 12.1. The fraction of sp³-hybridized carbons (Fsp3) is 0.235. The van der Waals surface area contributed by atoms with E-state index in [4.69, 9.17) is 0 Å². The average molecular weight is 286 g/mol. The van der Waals surface area contributed by atoms with Gasteiger partial charge in [-0.1, -0.05) is 24.3 Å². The largest absolute Gasteiger partial charge is 0.387 e. The standard InChI is InChI=1S/C17H19FN2O/c1-12-8-9-14(16(10-12)19-2)17(21)20(3)11-13-6-4-5-7-15(13)18/h4-10,19H,11H2,1-3H3. The fourth-order valence-corrected chi connectivity index (χ4v) is 2.21. The molecule has 0 unspecified atom stereocenters. The summed E-state index contributed by atoms with van der Waals surface area (Å²) in [4.78, 5) is 14.0. The lowest BCUT2D eigenvalue weighted by atomic mass is 10.1. The molecule has 0 bridgehead atoms. The number of amides is 1. The van der Waals surface area contributed by atoms with Gasteiger partial charge in [-0.3, -0.25) is 4.79 Å². The van der Waals surface area contributed by atoms with Crippen LogP contribution in [0.15, 0.2) is 42.5 Å². The van der Waals surface area contributed by atoms with Gasteiger partial charge in [0, 0.05) is 31.9 Å². The first kappa shape index (κ1) is 15.0. The lowest BCUT2D eigenvalue weighted by Gasteiger charge is -2.19. The molecule has 0 radical (unpaired) electrons. The fourth-order valence-electron chi connectivity index (χ4n) is 2.21. The minimum Gasteiger partial charge on any atom is -0.387 e. The van der Waals surface area contributed by atoms with Crippen molar-refractivity contribution < 1.29 is 9.18 Å². The third kappa shape index (κ3) is 3.40. The molecular weight excluding hydrogens is 267 g/mol. The van der Waals surface area contributed by atoms with Crippen molar-refractivity contribution in [1.82, 2.24) is 4.90 Å². The summed E-state index contributed by atoms with van der Waals surface area (Å²) in [6.07, 6.45) is 0. The Labute approximate surface area is 124 Å². The van der Waals surface area contributed by atoms with Crippen LogP contribution in [0.3, 0.4) is 0 Å². The van der Waals surface area contributed by atoms with E-state index in [0.717, 1.165) is 11.3 Å². The Morgan fingerprint density at radius 2 is 1.95 bits per heavy atom. The monoisotopic (exact) mass is 286 g/mol. The van der Waals surface area contributed by atoms with Gasteiger partial charge >= 0.3 is 0 Å². The van der Waals surface area contributed by atoms with Gasteiger partial charge in [-0.25, -0.2) is 4.39 Å². The Kier molecular flexibility index (Phi) is 4.58. The molecule has 110 valence electrons. The number of nitrogens with one attached hydrogen (secondary N) is 1. The third-order valence-electron chi connectivity index (χ3n) is 3.39. The van der Waals surface area contributed by atoms with Gasteiger partial charge < -0.3 is 10.2 Å². The summed E-state index contributed by atoms with van der Waals surface area (Å²) in [5.74, 6) is -0.433. The number of hydrogen-bond donors (Lipinski definition) is 1. The van der Waals surface area contributed by atoms with E-state index in [2.05, 4.69) is 5.32 Å². The van der Waals surface area contributed by atoms with Crippen LogP contribution >= 0.6 is 0 Å². The van der Waals surface area contributed by atoms with Crippen molar-refractivity contribution in [2.24, 2.45) is 0 Å². The molecule has 0 aromatic heterocycles. The van der Waals surface area contributed by atoms with Crippen LogP contribution in [0.2, 0.25) is 0 Å². The lowest BCUT2D eigenvalue weighted by molar-refractivity contribution is 0.0785.